The largest absolute Gasteiger partial charge is 0.497 e. The summed E-state index contributed by atoms with van der Waals surface area (Å²) in [5.74, 6) is 2.13. The van der Waals surface area contributed by atoms with Crippen LogP contribution in [0.15, 0.2) is 45.3 Å². The third-order valence-electron chi connectivity index (χ3n) is 2.80. The molecule has 0 amide bonds. The summed E-state index contributed by atoms with van der Waals surface area (Å²) in [6.45, 7) is 1.72. The van der Waals surface area contributed by atoms with E-state index in [4.69, 9.17) is 9.47 Å². The van der Waals surface area contributed by atoms with Crippen LogP contribution in [0.3, 0.4) is 0 Å². The molecule has 0 saturated heterocycles. The Balaban J connectivity index is 2.26. The van der Waals surface area contributed by atoms with Crippen molar-refractivity contribution in [2.24, 2.45) is 0 Å². The average molecular weight is 402 g/mol. The lowest BCUT2D eigenvalue weighted by Crippen LogP contribution is -1.93. The highest BCUT2D eigenvalue weighted by atomic mass is 79.9. The molecule has 0 saturated carbocycles. The minimum absolute atomic E-state index is 0.506. The van der Waals surface area contributed by atoms with E-state index < -0.39 is 6.10 Å². The van der Waals surface area contributed by atoms with Crippen molar-refractivity contribution in [2.75, 3.05) is 7.11 Å². The molecular weight excluding hydrogens is 388 g/mol. The zero-order chi connectivity index (χ0) is 14.7. The quantitative estimate of drug-likeness (QED) is 0.777. The van der Waals surface area contributed by atoms with E-state index >= 15 is 0 Å². The Hall–Kier alpha value is -1.04. The Morgan fingerprint density at radius 1 is 1.00 bits per heavy atom. The molecule has 0 aliphatic carbocycles. The molecule has 1 N–H and O–H groups in total. The summed E-state index contributed by atoms with van der Waals surface area (Å²) >= 11 is 6.90. The first-order valence-corrected chi connectivity index (χ1v) is 7.58. The fourth-order valence-corrected chi connectivity index (χ4v) is 2.59. The number of rotatable bonds is 4. The Bertz CT molecular complexity index is 612. The molecule has 2 aromatic carbocycles. The maximum atomic E-state index is 9.55. The molecule has 5 heteroatoms. The zero-order valence-electron chi connectivity index (χ0n) is 11.1. The van der Waals surface area contributed by atoms with Gasteiger partial charge in [-0.05, 0) is 74.7 Å². The number of halogens is 2. The lowest BCUT2D eigenvalue weighted by Gasteiger charge is -2.12. The topological polar surface area (TPSA) is 38.7 Å². The van der Waals surface area contributed by atoms with Gasteiger partial charge in [0.15, 0.2) is 0 Å². The molecule has 0 unspecified atom stereocenters. The Morgan fingerprint density at radius 3 is 2.10 bits per heavy atom. The van der Waals surface area contributed by atoms with Crippen LogP contribution >= 0.6 is 31.9 Å². The van der Waals surface area contributed by atoms with Gasteiger partial charge >= 0.3 is 0 Å². The monoisotopic (exact) mass is 400 g/mol. The number of ether oxygens (including phenoxy) is 2. The van der Waals surface area contributed by atoms with Crippen LogP contribution in [0, 0.1) is 0 Å². The van der Waals surface area contributed by atoms with Gasteiger partial charge in [-0.1, -0.05) is 6.07 Å². The summed E-state index contributed by atoms with van der Waals surface area (Å²) in [7, 11) is 1.62. The lowest BCUT2D eigenvalue weighted by atomic mass is 10.1. The van der Waals surface area contributed by atoms with Gasteiger partial charge in [-0.2, -0.15) is 0 Å². The molecule has 3 nitrogen and oxygen atoms in total. The van der Waals surface area contributed by atoms with E-state index in [-0.39, 0.29) is 0 Å². The molecular formula is C15H14Br2O3. The SMILES string of the molecule is COc1ccc(Oc2ccc([C@@H](C)O)cc2Br)c(Br)c1. The van der Waals surface area contributed by atoms with E-state index in [1.165, 1.54) is 0 Å². The van der Waals surface area contributed by atoms with Gasteiger partial charge in [0.2, 0.25) is 0 Å². The van der Waals surface area contributed by atoms with Gasteiger partial charge in [-0.3, -0.25) is 0 Å². The molecule has 0 aromatic heterocycles. The molecule has 0 radical (unpaired) electrons. The molecule has 0 aliphatic heterocycles. The molecule has 0 bridgehead atoms. The predicted molar refractivity (Wildman–Crippen MR) is 85.5 cm³/mol. The second kappa shape index (κ2) is 6.61. The van der Waals surface area contributed by atoms with Crippen molar-refractivity contribution in [3.63, 3.8) is 0 Å². The summed E-state index contributed by atoms with van der Waals surface area (Å²) in [6, 6.07) is 11.0. The number of hydrogen-bond acceptors (Lipinski definition) is 3. The van der Waals surface area contributed by atoms with Crippen molar-refractivity contribution in [1.29, 1.82) is 0 Å². The minimum atomic E-state index is -0.506. The zero-order valence-corrected chi connectivity index (χ0v) is 14.2. The first-order chi connectivity index (χ1) is 9.51. The van der Waals surface area contributed by atoms with Crippen LogP contribution in [-0.2, 0) is 0 Å². The number of methoxy groups -OCH3 is 1. The van der Waals surface area contributed by atoms with Gasteiger partial charge in [0.05, 0.1) is 22.2 Å². The normalized spacial score (nSPS) is 12.1. The molecule has 2 aromatic rings. The molecule has 20 heavy (non-hydrogen) atoms. The predicted octanol–water partition coefficient (Wildman–Crippen LogP) is 5.07. The van der Waals surface area contributed by atoms with Crippen LogP contribution in [0.1, 0.15) is 18.6 Å². The average Bonchev–Trinajstić information content (AvgIpc) is 2.42. The van der Waals surface area contributed by atoms with Crippen molar-refractivity contribution in [1.82, 2.24) is 0 Å². The summed E-state index contributed by atoms with van der Waals surface area (Å²) in [4.78, 5) is 0. The smallest absolute Gasteiger partial charge is 0.141 e. The highest BCUT2D eigenvalue weighted by molar-refractivity contribution is 9.11. The fourth-order valence-electron chi connectivity index (χ4n) is 1.67. The summed E-state index contributed by atoms with van der Waals surface area (Å²) in [5.41, 5.74) is 0.832. The van der Waals surface area contributed by atoms with Crippen LogP contribution in [0.2, 0.25) is 0 Å². The summed E-state index contributed by atoms with van der Waals surface area (Å²) in [5, 5.41) is 9.55. The van der Waals surface area contributed by atoms with E-state index in [0.717, 1.165) is 20.3 Å². The first-order valence-electron chi connectivity index (χ1n) is 6.00. The van der Waals surface area contributed by atoms with Crippen molar-refractivity contribution >= 4 is 31.9 Å². The third-order valence-corrected chi connectivity index (χ3v) is 4.04. The summed E-state index contributed by atoms with van der Waals surface area (Å²) < 4.78 is 12.6. The maximum Gasteiger partial charge on any atom is 0.141 e. The highest BCUT2D eigenvalue weighted by Crippen LogP contribution is 2.36. The molecule has 0 aliphatic rings. The van der Waals surface area contributed by atoms with E-state index in [1.54, 1.807) is 14.0 Å². The highest BCUT2D eigenvalue weighted by Gasteiger charge is 2.09. The number of benzene rings is 2. The van der Waals surface area contributed by atoms with Crippen LogP contribution in [0.25, 0.3) is 0 Å². The maximum absolute atomic E-state index is 9.55. The van der Waals surface area contributed by atoms with E-state index in [9.17, 15) is 5.11 Å². The molecule has 106 valence electrons. The molecule has 0 heterocycles. The van der Waals surface area contributed by atoms with Gasteiger partial charge in [0.25, 0.3) is 0 Å². The van der Waals surface area contributed by atoms with Crippen LogP contribution in [-0.4, -0.2) is 12.2 Å². The van der Waals surface area contributed by atoms with Gasteiger partial charge in [0.1, 0.15) is 17.2 Å². The third kappa shape index (κ3) is 3.53. The van der Waals surface area contributed by atoms with Gasteiger partial charge in [-0.25, -0.2) is 0 Å². The second-order valence-corrected chi connectivity index (χ2v) is 5.97. The van der Waals surface area contributed by atoms with Crippen molar-refractivity contribution in [3.8, 4) is 17.2 Å². The van der Waals surface area contributed by atoms with E-state index in [2.05, 4.69) is 31.9 Å². The van der Waals surface area contributed by atoms with Crippen molar-refractivity contribution in [3.05, 3.63) is 50.9 Å². The first kappa shape index (κ1) is 15.4. The summed E-state index contributed by atoms with van der Waals surface area (Å²) in [6.07, 6.45) is -0.506. The van der Waals surface area contributed by atoms with Gasteiger partial charge < -0.3 is 14.6 Å². The standard InChI is InChI=1S/C15H14Br2O3/c1-9(18)10-3-5-14(12(16)7-10)20-15-6-4-11(19-2)8-13(15)17/h3-9,18H,1-2H3/t9-/m1/s1. The second-order valence-electron chi connectivity index (χ2n) is 4.26. The van der Waals surface area contributed by atoms with Crippen LogP contribution in [0.5, 0.6) is 17.2 Å². The fraction of sp³-hybridized carbons (Fsp3) is 0.200. The molecule has 2 rings (SSSR count). The van der Waals surface area contributed by atoms with Crippen LogP contribution in [0.4, 0.5) is 0 Å². The minimum Gasteiger partial charge on any atom is -0.497 e. The van der Waals surface area contributed by atoms with E-state index in [0.29, 0.717) is 11.5 Å². The number of hydrogen-bond donors (Lipinski definition) is 1. The van der Waals surface area contributed by atoms with Crippen molar-refractivity contribution in [2.45, 2.75) is 13.0 Å². The molecule has 0 spiro atoms. The Kier molecular flexibility index (Phi) is 5.07. The molecule has 1 atom stereocenters. The van der Waals surface area contributed by atoms with Gasteiger partial charge in [0, 0.05) is 0 Å². The number of aliphatic hydroxyl groups is 1. The Morgan fingerprint density at radius 2 is 1.60 bits per heavy atom. The van der Waals surface area contributed by atoms with E-state index in [1.807, 2.05) is 36.4 Å². The lowest BCUT2D eigenvalue weighted by molar-refractivity contribution is 0.199. The van der Waals surface area contributed by atoms with Gasteiger partial charge in [-0.15, -0.1) is 0 Å². The number of aliphatic hydroxyl groups excluding tert-OH is 1. The molecule has 0 fully saturated rings. The van der Waals surface area contributed by atoms with Crippen molar-refractivity contribution < 1.29 is 14.6 Å². The van der Waals surface area contributed by atoms with Crippen LogP contribution < -0.4 is 9.47 Å². The Labute approximate surface area is 134 Å².